The average Bonchev–Trinajstić information content (AvgIpc) is 2.07. The van der Waals surface area contributed by atoms with Crippen LogP contribution in [-0.4, -0.2) is 11.7 Å². The van der Waals surface area contributed by atoms with E-state index in [4.69, 9.17) is 5.73 Å². The normalized spacial score (nSPS) is 11.7. The Balaban J connectivity index is 3.09. The summed E-state index contributed by atoms with van der Waals surface area (Å²) in [7, 11) is 0. The van der Waals surface area contributed by atoms with Gasteiger partial charge in [-0.05, 0) is 35.6 Å². The van der Waals surface area contributed by atoms with Crippen molar-refractivity contribution in [3.8, 4) is 5.75 Å². The highest BCUT2D eigenvalue weighted by Crippen LogP contribution is 2.31. The Hall–Kier alpha value is -1.02. The summed E-state index contributed by atoms with van der Waals surface area (Å²) in [5, 5.41) is 9.71. The van der Waals surface area contributed by atoms with Crippen LogP contribution in [0.2, 0.25) is 0 Å². The fourth-order valence-electron chi connectivity index (χ4n) is 1.51. The molecule has 0 bridgehead atoms. The first-order valence-corrected chi connectivity index (χ1v) is 4.97. The Morgan fingerprint density at radius 2 is 1.93 bits per heavy atom. The molecule has 0 saturated carbocycles. The van der Waals surface area contributed by atoms with Crippen molar-refractivity contribution >= 4 is 0 Å². The van der Waals surface area contributed by atoms with Crippen LogP contribution in [0.25, 0.3) is 0 Å². The molecule has 0 fully saturated rings. The number of phenolic OH excluding ortho intramolecular Hbond substituents is 1. The molecule has 0 unspecified atom stereocenters. The molecule has 3 N–H and O–H groups in total. The Bertz CT molecular complexity index is 313. The number of hydrogen-bond donors (Lipinski definition) is 2. The van der Waals surface area contributed by atoms with Gasteiger partial charge in [-0.15, -0.1) is 0 Å². The van der Waals surface area contributed by atoms with Crippen LogP contribution in [0.15, 0.2) is 18.2 Å². The van der Waals surface area contributed by atoms with Crippen molar-refractivity contribution in [1.29, 1.82) is 0 Å². The van der Waals surface area contributed by atoms with Gasteiger partial charge in [0, 0.05) is 0 Å². The minimum absolute atomic E-state index is 0.0192. The van der Waals surface area contributed by atoms with Gasteiger partial charge in [0.25, 0.3) is 0 Å². The lowest BCUT2D eigenvalue weighted by atomic mass is 9.85. The van der Waals surface area contributed by atoms with Crippen molar-refractivity contribution in [3.05, 3.63) is 29.3 Å². The molecular weight excluding hydrogens is 174 g/mol. The van der Waals surface area contributed by atoms with E-state index >= 15 is 0 Å². The fraction of sp³-hybridized carbons (Fsp3) is 0.500. The van der Waals surface area contributed by atoms with E-state index in [2.05, 4.69) is 20.8 Å². The molecule has 0 aromatic heterocycles. The zero-order valence-electron chi connectivity index (χ0n) is 9.17. The molecule has 0 saturated heterocycles. The third kappa shape index (κ3) is 2.48. The maximum atomic E-state index is 9.71. The fourth-order valence-corrected chi connectivity index (χ4v) is 1.51. The standard InChI is InChI=1S/C12H19NO/c1-12(2,3)10-8-9(6-7-13)4-5-11(10)14/h4-5,8,14H,6-7,13H2,1-3H3. The third-order valence-corrected chi connectivity index (χ3v) is 2.30. The summed E-state index contributed by atoms with van der Waals surface area (Å²) < 4.78 is 0. The van der Waals surface area contributed by atoms with Gasteiger partial charge in [0.2, 0.25) is 0 Å². The molecule has 0 aliphatic heterocycles. The summed E-state index contributed by atoms with van der Waals surface area (Å²) in [6.07, 6.45) is 0.864. The van der Waals surface area contributed by atoms with E-state index in [1.54, 1.807) is 6.07 Å². The summed E-state index contributed by atoms with van der Waals surface area (Å²) in [6.45, 7) is 6.92. The molecule has 1 rings (SSSR count). The second kappa shape index (κ2) is 4.01. The van der Waals surface area contributed by atoms with Crippen LogP contribution in [0.5, 0.6) is 5.75 Å². The lowest BCUT2D eigenvalue weighted by Crippen LogP contribution is -2.12. The van der Waals surface area contributed by atoms with Gasteiger partial charge < -0.3 is 10.8 Å². The van der Waals surface area contributed by atoms with E-state index in [0.717, 1.165) is 12.0 Å². The third-order valence-electron chi connectivity index (χ3n) is 2.30. The summed E-state index contributed by atoms with van der Waals surface area (Å²) in [5.74, 6) is 0.373. The topological polar surface area (TPSA) is 46.2 Å². The Morgan fingerprint density at radius 1 is 1.29 bits per heavy atom. The number of benzene rings is 1. The van der Waals surface area contributed by atoms with Gasteiger partial charge in [0.15, 0.2) is 0 Å². The second-order valence-corrected chi connectivity index (χ2v) is 4.64. The van der Waals surface area contributed by atoms with Gasteiger partial charge in [0.1, 0.15) is 5.75 Å². The van der Waals surface area contributed by atoms with Crippen molar-refractivity contribution in [2.75, 3.05) is 6.54 Å². The van der Waals surface area contributed by atoms with E-state index < -0.39 is 0 Å². The van der Waals surface area contributed by atoms with Crippen LogP contribution < -0.4 is 5.73 Å². The maximum absolute atomic E-state index is 9.71. The highest BCUT2D eigenvalue weighted by molar-refractivity contribution is 5.40. The summed E-state index contributed by atoms with van der Waals surface area (Å²) in [4.78, 5) is 0. The average molecular weight is 193 g/mol. The maximum Gasteiger partial charge on any atom is 0.119 e. The smallest absolute Gasteiger partial charge is 0.119 e. The van der Waals surface area contributed by atoms with E-state index in [1.165, 1.54) is 5.56 Å². The van der Waals surface area contributed by atoms with Crippen molar-refractivity contribution in [3.63, 3.8) is 0 Å². The Morgan fingerprint density at radius 3 is 2.43 bits per heavy atom. The number of hydrogen-bond acceptors (Lipinski definition) is 2. The predicted octanol–water partition coefficient (Wildman–Crippen LogP) is 2.19. The quantitative estimate of drug-likeness (QED) is 0.756. The number of aromatic hydroxyl groups is 1. The lowest BCUT2D eigenvalue weighted by Gasteiger charge is -2.21. The lowest BCUT2D eigenvalue weighted by molar-refractivity contribution is 0.446. The molecule has 0 heterocycles. The zero-order valence-corrected chi connectivity index (χ0v) is 9.17. The number of phenols is 1. The van der Waals surface area contributed by atoms with Crippen molar-refractivity contribution in [1.82, 2.24) is 0 Å². The summed E-state index contributed by atoms with van der Waals surface area (Å²) in [6, 6.07) is 5.73. The van der Waals surface area contributed by atoms with Crippen molar-refractivity contribution in [2.45, 2.75) is 32.6 Å². The van der Waals surface area contributed by atoms with E-state index in [0.29, 0.717) is 12.3 Å². The largest absolute Gasteiger partial charge is 0.508 e. The van der Waals surface area contributed by atoms with Gasteiger partial charge in [0.05, 0.1) is 0 Å². The first kappa shape index (κ1) is 11.1. The molecule has 1 aromatic carbocycles. The van der Waals surface area contributed by atoms with Gasteiger partial charge >= 0.3 is 0 Å². The first-order chi connectivity index (χ1) is 6.45. The van der Waals surface area contributed by atoms with Crippen LogP contribution in [0.3, 0.4) is 0 Å². The SMILES string of the molecule is CC(C)(C)c1cc(CCN)ccc1O. The van der Waals surface area contributed by atoms with Crippen LogP contribution in [-0.2, 0) is 11.8 Å². The summed E-state index contributed by atoms with van der Waals surface area (Å²) in [5.41, 5.74) is 7.66. The number of nitrogens with two attached hydrogens (primary N) is 1. The molecule has 0 amide bonds. The van der Waals surface area contributed by atoms with Gasteiger partial charge in [-0.3, -0.25) is 0 Å². The number of rotatable bonds is 2. The molecular formula is C12H19NO. The molecule has 0 spiro atoms. The van der Waals surface area contributed by atoms with Crippen LogP contribution in [0.1, 0.15) is 31.9 Å². The van der Waals surface area contributed by atoms with Crippen LogP contribution in [0.4, 0.5) is 0 Å². The van der Waals surface area contributed by atoms with Gasteiger partial charge in [-0.2, -0.15) is 0 Å². The molecule has 2 heteroatoms. The molecule has 78 valence electrons. The molecule has 0 aliphatic carbocycles. The molecule has 2 nitrogen and oxygen atoms in total. The van der Waals surface area contributed by atoms with Crippen LogP contribution >= 0.6 is 0 Å². The Labute approximate surface area is 85.8 Å². The summed E-state index contributed by atoms with van der Waals surface area (Å²) >= 11 is 0. The van der Waals surface area contributed by atoms with Crippen molar-refractivity contribution in [2.24, 2.45) is 5.73 Å². The molecule has 14 heavy (non-hydrogen) atoms. The molecule has 0 aliphatic rings. The van der Waals surface area contributed by atoms with Crippen molar-refractivity contribution < 1.29 is 5.11 Å². The first-order valence-electron chi connectivity index (χ1n) is 4.97. The minimum atomic E-state index is -0.0192. The van der Waals surface area contributed by atoms with Crippen LogP contribution in [0, 0.1) is 0 Å². The van der Waals surface area contributed by atoms with Gasteiger partial charge in [-0.1, -0.05) is 32.9 Å². The van der Waals surface area contributed by atoms with E-state index in [9.17, 15) is 5.11 Å². The Kier molecular flexibility index (Phi) is 3.17. The molecule has 1 aromatic rings. The second-order valence-electron chi connectivity index (χ2n) is 4.64. The highest BCUT2D eigenvalue weighted by Gasteiger charge is 2.17. The monoisotopic (exact) mass is 193 g/mol. The molecule has 0 radical (unpaired) electrons. The minimum Gasteiger partial charge on any atom is -0.508 e. The zero-order chi connectivity index (χ0) is 10.8. The predicted molar refractivity (Wildman–Crippen MR) is 59.6 cm³/mol. The van der Waals surface area contributed by atoms with E-state index in [-0.39, 0.29) is 5.41 Å². The molecule has 0 atom stereocenters. The highest BCUT2D eigenvalue weighted by atomic mass is 16.3. The van der Waals surface area contributed by atoms with Gasteiger partial charge in [-0.25, -0.2) is 0 Å². The van der Waals surface area contributed by atoms with E-state index in [1.807, 2.05) is 12.1 Å².